The second kappa shape index (κ2) is 7.70. The van der Waals surface area contributed by atoms with Crippen LogP contribution in [-0.4, -0.2) is 30.6 Å². The Kier molecular flexibility index (Phi) is 6.56. The molecular weight excluding hydrogens is 232 g/mol. The molecule has 3 heteroatoms. The number of rotatable bonds is 4. The van der Waals surface area contributed by atoms with Crippen LogP contribution in [0.1, 0.15) is 25.3 Å². The van der Waals surface area contributed by atoms with Gasteiger partial charge in [-0.25, -0.2) is 0 Å². The molecule has 2 rings (SSSR count). The second-order valence-electron chi connectivity index (χ2n) is 4.58. The van der Waals surface area contributed by atoms with Crippen LogP contribution in [0.25, 0.3) is 0 Å². The Bertz CT molecular complexity index is 294. The van der Waals surface area contributed by atoms with Gasteiger partial charge in [-0.2, -0.15) is 0 Å². The summed E-state index contributed by atoms with van der Waals surface area (Å²) in [4.78, 5) is 2.53. The van der Waals surface area contributed by atoms with Crippen LogP contribution in [0, 0.1) is 0 Å². The van der Waals surface area contributed by atoms with Crippen LogP contribution < -0.4 is 5.32 Å². The van der Waals surface area contributed by atoms with E-state index in [4.69, 9.17) is 0 Å². The highest BCUT2D eigenvalue weighted by atomic mass is 35.5. The number of benzene rings is 1. The van der Waals surface area contributed by atoms with Crippen molar-refractivity contribution < 1.29 is 0 Å². The zero-order valence-electron chi connectivity index (χ0n) is 10.6. The number of hydrogen-bond acceptors (Lipinski definition) is 2. The number of piperidine rings is 1. The average molecular weight is 255 g/mol. The molecule has 0 radical (unpaired) electrons. The van der Waals surface area contributed by atoms with Crippen molar-refractivity contribution in [3.63, 3.8) is 0 Å². The van der Waals surface area contributed by atoms with Crippen molar-refractivity contribution in [2.75, 3.05) is 19.6 Å². The lowest BCUT2D eigenvalue weighted by atomic mass is 10.0. The fraction of sp³-hybridized carbons (Fsp3) is 0.571. The Hall–Kier alpha value is -0.570. The molecule has 1 aromatic rings. The number of hydrogen-bond donors (Lipinski definition) is 1. The molecule has 0 bridgehead atoms. The zero-order chi connectivity index (χ0) is 11.2. The highest BCUT2D eigenvalue weighted by Gasteiger charge is 2.16. The quantitative estimate of drug-likeness (QED) is 0.889. The average Bonchev–Trinajstić information content (AvgIpc) is 2.38. The minimum Gasteiger partial charge on any atom is -0.310 e. The molecule has 1 fully saturated rings. The standard InChI is InChI=1S/C14H22N2.ClH/c1-2-16-10-8-14(9-11-16)15-12-13-6-4-3-5-7-13;/h3-7,14-15H,2,8-12H2,1H3;1H. The fourth-order valence-electron chi connectivity index (χ4n) is 2.31. The molecule has 2 nitrogen and oxygen atoms in total. The van der Waals surface area contributed by atoms with E-state index in [0.29, 0.717) is 6.04 Å². The van der Waals surface area contributed by atoms with Gasteiger partial charge >= 0.3 is 0 Å². The van der Waals surface area contributed by atoms with Gasteiger partial charge in [0.15, 0.2) is 0 Å². The molecule has 0 amide bonds. The summed E-state index contributed by atoms with van der Waals surface area (Å²) in [6.45, 7) is 6.96. The van der Waals surface area contributed by atoms with Crippen molar-refractivity contribution in [2.24, 2.45) is 0 Å². The van der Waals surface area contributed by atoms with E-state index in [1.165, 1.54) is 38.0 Å². The third-order valence-corrected chi connectivity index (χ3v) is 3.47. The molecule has 17 heavy (non-hydrogen) atoms. The third kappa shape index (κ3) is 4.66. The maximum atomic E-state index is 3.66. The number of nitrogens with zero attached hydrogens (tertiary/aromatic N) is 1. The molecule has 0 spiro atoms. The Morgan fingerprint density at radius 2 is 1.82 bits per heavy atom. The molecule has 0 aromatic heterocycles. The molecule has 1 aliphatic heterocycles. The molecule has 1 aromatic carbocycles. The predicted molar refractivity (Wildman–Crippen MR) is 75.7 cm³/mol. The normalized spacial score (nSPS) is 17.7. The number of likely N-dealkylation sites (tertiary alicyclic amines) is 1. The predicted octanol–water partition coefficient (Wildman–Crippen LogP) is 2.68. The topological polar surface area (TPSA) is 15.3 Å². The SMILES string of the molecule is CCN1CCC(NCc2ccccc2)CC1.Cl. The summed E-state index contributed by atoms with van der Waals surface area (Å²) in [5, 5.41) is 3.66. The molecule has 1 N–H and O–H groups in total. The first-order valence-electron chi connectivity index (χ1n) is 6.38. The van der Waals surface area contributed by atoms with Crippen molar-refractivity contribution in [3.05, 3.63) is 35.9 Å². The van der Waals surface area contributed by atoms with E-state index in [-0.39, 0.29) is 12.4 Å². The van der Waals surface area contributed by atoms with E-state index in [1.807, 2.05) is 0 Å². The first-order chi connectivity index (χ1) is 7.88. The number of halogens is 1. The van der Waals surface area contributed by atoms with Crippen molar-refractivity contribution in [1.82, 2.24) is 10.2 Å². The molecule has 0 atom stereocenters. The molecule has 0 unspecified atom stereocenters. The summed E-state index contributed by atoms with van der Waals surface area (Å²) in [6.07, 6.45) is 2.58. The van der Waals surface area contributed by atoms with E-state index in [0.717, 1.165) is 6.54 Å². The van der Waals surface area contributed by atoms with Gasteiger partial charge in [-0.1, -0.05) is 37.3 Å². The van der Waals surface area contributed by atoms with Crippen LogP contribution in [0.15, 0.2) is 30.3 Å². The van der Waals surface area contributed by atoms with Crippen LogP contribution in [0.2, 0.25) is 0 Å². The summed E-state index contributed by atoms with van der Waals surface area (Å²) in [5.74, 6) is 0. The van der Waals surface area contributed by atoms with Gasteiger partial charge in [-0.15, -0.1) is 12.4 Å². The van der Waals surface area contributed by atoms with Gasteiger partial charge < -0.3 is 10.2 Å². The lowest BCUT2D eigenvalue weighted by Gasteiger charge is -2.31. The van der Waals surface area contributed by atoms with Crippen LogP contribution >= 0.6 is 12.4 Å². The summed E-state index contributed by atoms with van der Waals surface area (Å²) in [7, 11) is 0. The van der Waals surface area contributed by atoms with Gasteiger partial charge in [0.05, 0.1) is 0 Å². The Balaban J connectivity index is 0.00000144. The van der Waals surface area contributed by atoms with Gasteiger partial charge in [0.25, 0.3) is 0 Å². The van der Waals surface area contributed by atoms with Gasteiger partial charge in [0.2, 0.25) is 0 Å². The van der Waals surface area contributed by atoms with E-state index >= 15 is 0 Å². The molecule has 1 heterocycles. The molecule has 1 saturated heterocycles. The van der Waals surface area contributed by atoms with E-state index in [2.05, 4.69) is 47.5 Å². The van der Waals surface area contributed by atoms with Crippen molar-refractivity contribution in [2.45, 2.75) is 32.4 Å². The molecular formula is C14H23ClN2. The largest absolute Gasteiger partial charge is 0.310 e. The van der Waals surface area contributed by atoms with E-state index in [1.54, 1.807) is 0 Å². The maximum absolute atomic E-state index is 3.66. The van der Waals surface area contributed by atoms with Gasteiger partial charge in [0, 0.05) is 12.6 Å². The Morgan fingerprint density at radius 3 is 2.41 bits per heavy atom. The summed E-state index contributed by atoms with van der Waals surface area (Å²) in [5.41, 5.74) is 1.39. The minimum absolute atomic E-state index is 0. The van der Waals surface area contributed by atoms with E-state index < -0.39 is 0 Å². The first kappa shape index (κ1) is 14.5. The smallest absolute Gasteiger partial charge is 0.0208 e. The molecule has 0 saturated carbocycles. The van der Waals surface area contributed by atoms with E-state index in [9.17, 15) is 0 Å². The lowest BCUT2D eigenvalue weighted by Crippen LogP contribution is -2.42. The van der Waals surface area contributed by atoms with Gasteiger partial charge in [-0.05, 0) is 38.0 Å². The van der Waals surface area contributed by atoms with Crippen LogP contribution in [0.5, 0.6) is 0 Å². The summed E-state index contributed by atoms with van der Waals surface area (Å²) in [6, 6.07) is 11.4. The van der Waals surface area contributed by atoms with Crippen LogP contribution in [-0.2, 0) is 6.54 Å². The molecule has 0 aliphatic carbocycles. The minimum atomic E-state index is 0. The number of nitrogens with one attached hydrogen (secondary N) is 1. The zero-order valence-corrected chi connectivity index (χ0v) is 11.4. The summed E-state index contributed by atoms with van der Waals surface area (Å²) >= 11 is 0. The van der Waals surface area contributed by atoms with Crippen LogP contribution in [0.3, 0.4) is 0 Å². The molecule has 1 aliphatic rings. The maximum Gasteiger partial charge on any atom is 0.0208 e. The monoisotopic (exact) mass is 254 g/mol. The van der Waals surface area contributed by atoms with Crippen LogP contribution in [0.4, 0.5) is 0 Å². The highest BCUT2D eigenvalue weighted by Crippen LogP contribution is 2.10. The highest BCUT2D eigenvalue weighted by molar-refractivity contribution is 5.85. The van der Waals surface area contributed by atoms with Gasteiger partial charge in [-0.3, -0.25) is 0 Å². The summed E-state index contributed by atoms with van der Waals surface area (Å²) < 4.78 is 0. The Morgan fingerprint density at radius 1 is 1.18 bits per heavy atom. The third-order valence-electron chi connectivity index (χ3n) is 3.47. The van der Waals surface area contributed by atoms with Gasteiger partial charge in [0.1, 0.15) is 0 Å². The van der Waals surface area contributed by atoms with Crippen molar-refractivity contribution in [3.8, 4) is 0 Å². The fourth-order valence-corrected chi connectivity index (χ4v) is 2.31. The van der Waals surface area contributed by atoms with Crippen molar-refractivity contribution in [1.29, 1.82) is 0 Å². The van der Waals surface area contributed by atoms with Crippen molar-refractivity contribution >= 4 is 12.4 Å². The first-order valence-corrected chi connectivity index (χ1v) is 6.38. The second-order valence-corrected chi connectivity index (χ2v) is 4.58. The molecule has 96 valence electrons. The Labute approximate surface area is 111 Å². The lowest BCUT2D eigenvalue weighted by molar-refractivity contribution is 0.206.